The fourth-order valence-electron chi connectivity index (χ4n) is 5.47. The van der Waals surface area contributed by atoms with Crippen molar-refractivity contribution in [1.29, 1.82) is 0 Å². The van der Waals surface area contributed by atoms with Crippen LogP contribution in [0.1, 0.15) is 43.6 Å². The lowest BCUT2D eigenvalue weighted by Gasteiger charge is -2.28. The number of aryl methyl sites for hydroxylation is 3. The van der Waals surface area contributed by atoms with E-state index in [1.165, 1.54) is 11.3 Å². The Kier molecular flexibility index (Phi) is 7.32. The summed E-state index contributed by atoms with van der Waals surface area (Å²) in [5.41, 5.74) is 7.87. The number of ether oxygens (including phenoxy) is 1. The zero-order chi connectivity index (χ0) is 30.6. The highest BCUT2D eigenvalue weighted by molar-refractivity contribution is 7.22. The van der Waals surface area contributed by atoms with Crippen LogP contribution in [0.2, 0.25) is 5.02 Å². The first-order chi connectivity index (χ1) is 20.4. The molecule has 0 saturated heterocycles. The van der Waals surface area contributed by atoms with Gasteiger partial charge in [-0.3, -0.25) is 4.98 Å². The Labute approximate surface area is 258 Å². The number of carbonyl (C=O) groups is 1. The number of halogens is 1. The standard InChI is InChI=1S/C34H31ClN4O3S/c1-18-13-26-30(28(20-7-9-23(35)10-8-20)27(18)29(33(40)41)42-34(3,4)5)43-32(38-26)21-11-12-36-25(15-21)22-14-24-19(2)17-39(6)31(24)37-16-22/h7-17,29H,1-6H3,(H,40,41). The van der Waals surface area contributed by atoms with E-state index in [1.54, 1.807) is 6.20 Å². The predicted molar refractivity (Wildman–Crippen MR) is 174 cm³/mol. The molecular weight excluding hydrogens is 580 g/mol. The number of aliphatic carboxylic acids is 1. The van der Waals surface area contributed by atoms with Crippen LogP contribution < -0.4 is 0 Å². The number of hydrogen-bond donors (Lipinski definition) is 1. The Bertz CT molecular complexity index is 2020. The third-order valence-electron chi connectivity index (χ3n) is 7.33. The van der Waals surface area contributed by atoms with Gasteiger partial charge in [-0.1, -0.05) is 23.7 Å². The molecule has 0 fully saturated rings. The van der Waals surface area contributed by atoms with Gasteiger partial charge in [0.15, 0.2) is 6.10 Å². The zero-order valence-electron chi connectivity index (χ0n) is 24.8. The van der Waals surface area contributed by atoms with E-state index in [9.17, 15) is 9.90 Å². The maximum atomic E-state index is 12.6. The first kappa shape index (κ1) is 29.0. The fourth-order valence-corrected chi connectivity index (χ4v) is 6.72. The number of pyridine rings is 2. The van der Waals surface area contributed by atoms with E-state index in [1.807, 2.05) is 88.0 Å². The normalized spacial score (nSPS) is 12.7. The minimum absolute atomic E-state index is 0.600. The van der Waals surface area contributed by atoms with Crippen molar-refractivity contribution < 1.29 is 14.6 Å². The van der Waals surface area contributed by atoms with Gasteiger partial charge in [-0.15, -0.1) is 11.3 Å². The van der Waals surface area contributed by atoms with E-state index < -0.39 is 17.7 Å². The highest BCUT2D eigenvalue weighted by Crippen LogP contribution is 2.44. The molecule has 1 atom stereocenters. The lowest BCUT2D eigenvalue weighted by atomic mass is 9.91. The van der Waals surface area contributed by atoms with Crippen molar-refractivity contribution in [2.75, 3.05) is 0 Å². The zero-order valence-corrected chi connectivity index (χ0v) is 26.3. The van der Waals surface area contributed by atoms with Gasteiger partial charge in [-0.05, 0) is 87.7 Å². The van der Waals surface area contributed by atoms with Crippen molar-refractivity contribution in [2.45, 2.75) is 46.3 Å². The summed E-state index contributed by atoms with van der Waals surface area (Å²) in [5, 5.41) is 12.8. The van der Waals surface area contributed by atoms with Crippen molar-refractivity contribution in [3.63, 3.8) is 0 Å². The van der Waals surface area contributed by atoms with Crippen LogP contribution in [0.25, 0.3) is 54.2 Å². The molecule has 4 aromatic heterocycles. The second-order valence-corrected chi connectivity index (χ2v) is 13.2. The summed E-state index contributed by atoms with van der Waals surface area (Å²) < 4.78 is 9.04. The molecule has 0 radical (unpaired) electrons. The lowest BCUT2D eigenvalue weighted by molar-refractivity contribution is -0.160. The number of carboxylic acids is 1. The monoisotopic (exact) mass is 610 g/mol. The van der Waals surface area contributed by atoms with Crippen molar-refractivity contribution in [1.82, 2.24) is 19.5 Å². The van der Waals surface area contributed by atoms with Crippen LogP contribution in [-0.4, -0.2) is 36.2 Å². The molecule has 0 aliphatic heterocycles. The van der Waals surface area contributed by atoms with Gasteiger partial charge in [0.25, 0.3) is 0 Å². The Morgan fingerprint density at radius 3 is 2.44 bits per heavy atom. The molecule has 43 heavy (non-hydrogen) atoms. The topological polar surface area (TPSA) is 90.1 Å². The number of carboxylic acid groups (broad SMARTS) is 1. The van der Waals surface area contributed by atoms with Gasteiger partial charge in [0, 0.05) is 58.3 Å². The lowest BCUT2D eigenvalue weighted by Crippen LogP contribution is -2.28. The Morgan fingerprint density at radius 2 is 1.74 bits per heavy atom. The van der Waals surface area contributed by atoms with Crippen molar-refractivity contribution in [3.8, 4) is 33.0 Å². The molecular formula is C34H31ClN4O3S. The average Bonchev–Trinajstić information content (AvgIpc) is 3.51. The van der Waals surface area contributed by atoms with Gasteiger partial charge >= 0.3 is 5.97 Å². The minimum atomic E-state index is -1.17. The van der Waals surface area contributed by atoms with Crippen molar-refractivity contribution in [2.24, 2.45) is 7.05 Å². The van der Waals surface area contributed by atoms with Crippen molar-refractivity contribution >= 4 is 50.2 Å². The number of rotatable bonds is 6. The molecule has 0 aliphatic rings. The first-order valence-electron chi connectivity index (χ1n) is 13.9. The molecule has 6 rings (SSSR count). The number of thiazole rings is 1. The second-order valence-electron chi connectivity index (χ2n) is 11.8. The third-order valence-corrected chi connectivity index (χ3v) is 8.72. The summed E-state index contributed by atoms with van der Waals surface area (Å²) in [6.07, 6.45) is 4.54. The van der Waals surface area contributed by atoms with Crippen LogP contribution in [0.4, 0.5) is 0 Å². The van der Waals surface area contributed by atoms with E-state index >= 15 is 0 Å². The second kappa shape index (κ2) is 10.9. The summed E-state index contributed by atoms with van der Waals surface area (Å²) in [7, 11) is 1.99. The summed E-state index contributed by atoms with van der Waals surface area (Å²) >= 11 is 7.76. The van der Waals surface area contributed by atoms with Crippen LogP contribution in [-0.2, 0) is 16.6 Å². The highest BCUT2D eigenvalue weighted by atomic mass is 35.5. The van der Waals surface area contributed by atoms with Crippen LogP contribution >= 0.6 is 22.9 Å². The summed E-state index contributed by atoms with van der Waals surface area (Å²) in [6.45, 7) is 9.56. The predicted octanol–water partition coefficient (Wildman–Crippen LogP) is 8.79. The Morgan fingerprint density at radius 1 is 1.00 bits per heavy atom. The molecule has 7 nitrogen and oxygen atoms in total. The van der Waals surface area contributed by atoms with E-state index in [0.717, 1.165) is 65.3 Å². The molecule has 0 amide bonds. The molecule has 218 valence electrons. The number of fused-ring (bicyclic) bond motifs is 2. The van der Waals surface area contributed by atoms with Gasteiger partial charge in [0.05, 0.1) is 21.5 Å². The van der Waals surface area contributed by atoms with Gasteiger partial charge < -0.3 is 14.4 Å². The van der Waals surface area contributed by atoms with Gasteiger partial charge in [-0.2, -0.15) is 0 Å². The van der Waals surface area contributed by atoms with E-state index in [0.29, 0.717) is 10.6 Å². The van der Waals surface area contributed by atoms with E-state index in [-0.39, 0.29) is 0 Å². The average molecular weight is 611 g/mol. The maximum Gasteiger partial charge on any atom is 0.337 e. The number of aromatic nitrogens is 4. The third kappa shape index (κ3) is 5.54. The number of benzene rings is 2. The molecule has 6 aromatic rings. The highest BCUT2D eigenvalue weighted by Gasteiger charge is 2.32. The summed E-state index contributed by atoms with van der Waals surface area (Å²) in [5.74, 6) is -1.05. The van der Waals surface area contributed by atoms with Gasteiger partial charge in [0.2, 0.25) is 0 Å². The molecule has 0 bridgehead atoms. The molecule has 1 N–H and O–H groups in total. The summed E-state index contributed by atoms with van der Waals surface area (Å²) in [4.78, 5) is 27.0. The molecule has 0 spiro atoms. The summed E-state index contributed by atoms with van der Waals surface area (Å²) in [6, 6.07) is 15.5. The minimum Gasteiger partial charge on any atom is -0.479 e. The smallest absolute Gasteiger partial charge is 0.337 e. The van der Waals surface area contributed by atoms with Crippen LogP contribution in [0.15, 0.2) is 67.1 Å². The SMILES string of the molecule is Cc1cc2nc(-c3ccnc(-c4cnc5c(c4)c(C)cn5C)c3)sc2c(-c2ccc(Cl)cc2)c1C(OC(C)(C)C)C(=O)O. The van der Waals surface area contributed by atoms with Crippen LogP contribution in [0.5, 0.6) is 0 Å². The molecule has 1 unspecified atom stereocenters. The molecule has 0 saturated carbocycles. The molecule has 4 heterocycles. The van der Waals surface area contributed by atoms with Crippen LogP contribution in [0, 0.1) is 13.8 Å². The quantitative estimate of drug-likeness (QED) is 0.203. The van der Waals surface area contributed by atoms with Crippen LogP contribution in [0.3, 0.4) is 0 Å². The molecule has 2 aromatic carbocycles. The molecule has 9 heteroatoms. The fraction of sp³-hybridized carbons (Fsp3) is 0.235. The number of nitrogens with zero attached hydrogens (tertiary/aromatic N) is 4. The van der Waals surface area contributed by atoms with Gasteiger partial charge in [-0.25, -0.2) is 14.8 Å². The first-order valence-corrected chi connectivity index (χ1v) is 15.1. The maximum absolute atomic E-state index is 12.6. The Balaban J connectivity index is 1.53. The van der Waals surface area contributed by atoms with E-state index in [4.69, 9.17) is 21.3 Å². The van der Waals surface area contributed by atoms with E-state index in [2.05, 4.69) is 29.2 Å². The number of hydrogen-bond acceptors (Lipinski definition) is 6. The molecule has 0 aliphatic carbocycles. The largest absolute Gasteiger partial charge is 0.479 e. The van der Waals surface area contributed by atoms with Gasteiger partial charge in [0.1, 0.15) is 10.7 Å². The van der Waals surface area contributed by atoms with Crippen molar-refractivity contribution in [3.05, 3.63) is 88.8 Å². The Hall–Kier alpha value is -4.11.